The molecular formula is C14H28O2. The van der Waals surface area contributed by atoms with Crippen molar-refractivity contribution in [2.75, 3.05) is 0 Å². The standard InChI is InChI=1S/C14H28O2/c1-6-8-12(5)13(10-9-11(3)4)16-14(15)7-2/h11-13H,6-10H2,1-5H3. The van der Waals surface area contributed by atoms with Crippen LogP contribution in [0.4, 0.5) is 0 Å². The second-order valence-electron chi connectivity index (χ2n) is 5.12. The van der Waals surface area contributed by atoms with E-state index in [1.807, 2.05) is 6.92 Å². The fraction of sp³-hybridized carbons (Fsp3) is 0.929. The van der Waals surface area contributed by atoms with Crippen molar-refractivity contribution >= 4 is 5.97 Å². The zero-order valence-electron chi connectivity index (χ0n) is 11.6. The minimum Gasteiger partial charge on any atom is -0.462 e. The van der Waals surface area contributed by atoms with Gasteiger partial charge in [-0.15, -0.1) is 0 Å². The lowest BCUT2D eigenvalue weighted by Crippen LogP contribution is -2.25. The summed E-state index contributed by atoms with van der Waals surface area (Å²) in [6, 6.07) is 0. The number of hydrogen-bond donors (Lipinski definition) is 0. The molecule has 0 spiro atoms. The molecule has 0 aliphatic heterocycles. The van der Waals surface area contributed by atoms with Crippen LogP contribution in [0.15, 0.2) is 0 Å². The molecule has 2 nitrogen and oxygen atoms in total. The Labute approximate surface area is 101 Å². The van der Waals surface area contributed by atoms with E-state index in [-0.39, 0.29) is 12.1 Å². The van der Waals surface area contributed by atoms with Crippen LogP contribution in [0.25, 0.3) is 0 Å². The molecule has 0 aromatic heterocycles. The van der Waals surface area contributed by atoms with Crippen molar-refractivity contribution in [2.45, 2.75) is 72.8 Å². The van der Waals surface area contributed by atoms with Gasteiger partial charge in [-0.2, -0.15) is 0 Å². The average molecular weight is 228 g/mol. The van der Waals surface area contributed by atoms with Gasteiger partial charge in [0.25, 0.3) is 0 Å². The van der Waals surface area contributed by atoms with Gasteiger partial charge in [0, 0.05) is 6.42 Å². The molecule has 0 saturated heterocycles. The van der Waals surface area contributed by atoms with Gasteiger partial charge in [-0.05, 0) is 31.1 Å². The van der Waals surface area contributed by atoms with Crippen molar-refractivity contribution in [2.24, 2.45) is 11.8 Å². The van der Waals surface area contributed by atoms with E-state index in [4.69, 9.17) is 4.74 Å². The highest BCUT2D eigenvalue weighted by Gasteiger charge is 2.20. The number of carbonyl (C=O) groups excluding carboxylic acids is 1. The maximum absolute atomic E-state index is 11.4. The van der Waals surface area contributed by atoms with E-state index in [2.05, 4.69) is 27.7 Å². The highest BCUT2D eigenvalue weighted by atomic mass is 16.5. The first-order valence-corrected chi connectivity index (χ1v) is 6.70. The minimum absolute atomic E-state index is 0.0586. The van der Waals surface area contributed by atoms with Crippen molar-refractivity contribution in [3.05, 3.63) is 0 Å². The van der Waals surface area contributed by atoms with Crippen LogP contribution >= 0.6 is 0 Å². The maximum Gasteiger partial charge on any atom is 0.305 e. The third-order valence-corrected chi connectivity index (χ3v) is 2.98. The molecule has 0 aliphatic rings. The number of ether oxygens (including phenoxy) is 1. The SMILES string of the molecule is CCCC(C)C(CCC(C)C)OC(=O)CC. The summed E-state index contributed by atoms with van der Waals surface area (Å²) < 4.78 is 5.53. The molecule has 0 amide bonds. The molecule has 16 heavy (non-hydrogen) atoms. The van der Waals surface area contributed by atoms with Gasteiger partial charge in [0.2, 0.25) is 0 Å². The molecule has 0 bridgehead atoms. The van der Waals surface area contributed by atoms with E-state index in [0.29, 0.717) is 18.3 Å². The van der Waals surface area contributed by atoms with Crippen molar-refractivity contribution < 1.29 is 9.53 Å². The normalized spacial score (nSPS) is 14.9. The number of carbonyl (C=O) groups is 1. The van der Waals surface area contributed by atoms with Crippen molar-refractivity contribution in [3.8, 4) is 0 Å². The summed E-state index contributed by atoms with van der Waals surface area (Å²) in [5.41, 5.74) is 0. The van der Waals surface area contributed by atoms with Gasteiger partial charge in [0.1, 0.15) is 6.10 Å². The largest absolute Gasteiger partial charge is 0.462 e. The fourth-order valence-electron chi connectivity index (χ4n) is 1.85. The monoisotopic (exact) mass is 228 g/mol. The van der Waals surface area contributed by atoms with Gasteiger partial charge in [-0.3, -0.25) is 4.79 Å². The molecule has 2 heteroatoms. The molecule has 2 unspecified atom stereocenters. The van der Waals surface area contributed by atoms with Crippen LogP contribution in [-0.2, 0) is 9.53 Å². The zero-order valence-corrected chi connectivity index (χ0v) is 11.6. The van der Waals surface area contributed by atoms with Crippen molar-refractivity contribution in [1.82, 2.24) is 0 Å². The summed E-state index contributed by atoms with van der Waals surface area (Å²) in [4.78, 5) is 11.4. The molecule has 0 rings (SSSR count). The third kappa shape index (κ3) is 6.86. The molecule has 0 saturated carbocycles. The summed E-state index contributed by atoms with van der Waals surface area (Å²) in [6.07, 6.45) is 5.04. The van der Waals surface area contributed by atoms with E-state index in [0.717, 1.165) is 25.7 Å². The Balaban J connectivity index is 4.19. The molecule has 0 aromatic carbocycles. The molecule has 0 radical (unpaired) electrons. The fourth-order valence-corrected chi connectivity index (χ4v) is 1.85. The smallest absolute Gasteiger partial charge is 0.305 e. The van der Waals surface area contributed by atoms with Crippen LogP contribution in [0.3, 0.4) is 0 Å². The van der Waals surface area contributed by atoms with E-state index < -0.39 is 0 Å². The molecule has 0 aromatic rings. The van der Waals surface area contributed by atoms with E-state index in [1.165, 1.54) is 0 Å². The minimum atomic E-state index is -0.0586. The first-order chi connectivity index (χ1) is 7.51. The zero-order chi connectivity index (χ0) is 12.6. The van der Waals surface area contributed by atoms with Gasteiger partial charge in [-0.25, -0.2) is 0 Å². The average Bonchev–Trinajstić information content (AvgIpc) is 2.23. The molecule has 0 heterocycles. The van der Waals surface area contributed by atoms with Gasteiger partial charge in [0.05, 0.1) is 0 Å². The summed E-state index contributed by atoms with van der Waals surface area (Å²) in [7, 11) is 0. The van der Waals surface area contributed by atoms with Gasteiger partial charge in [0.15, 0.2) is 0 Å². The lowest BCUT2D eigenvalue weighted by molar-refractivity contribution is -0.151. The van der Waals surface area contributed by atoms with Gasteiger partial charge < -0.3 is 4.74 Å². The summed E-state index contributed by atoms with van der Waals surface area (Å²) in [5.74, 6) is 1.10. The van der Waals surface area contributed by atoms with Crippen LogP contribution in [0.5, 0.6) is 0 Å². The van der Waals surface area contributed by atoms with Crippen LogP contribution in [0.2, 0.25) is 0 Å². The van der Waals surface area contributed by atoms with Crippen molar-refractivity contribution in [1.29, 1.82) is 0 Å². The lowest BCUT2D eigenvalue weighted by Gasteiger charge is -2.24. The second kappa shape index (κ2) is 8.60. The second-order valence-corrected chi connectivity index (χ2v) is 5.12. The summed E-state index contributed by atoms with van der Waals surface area (Å²) in [5, 5.41) is 0. The van der Waals surface area contributed by atoms with Crippen LogP contribution < -0.4 is 0 Å². The first kappa shape index (κ1) is 15.5. The quantitative estimate of drug-likeness (QED) is 0.582. The Morgan fingerprint density at radius 2 is 1.69 bits per heavy atom. The van der Waals surface area contributed by atoms with E-state index in [9.17, 15) is 4.79 Å². The first-order valence-electron chi connectivity index (χ1n) is 6.70. The summed E-state index contributed by atoms with van der Waals surface area (Å²) >= 11 is 0. The Kier molecular flexibility index (Phi) is 8.32. The molecular weight excluding hydrogens is 200 g/mol. The van der Waals surface area contributed by atoms with Crippen molar-refractivity contribution in [3.63, 3.8) is 0 Å². The van der Waals surface area contributed by atoms with Crippen LogP contribution in [0.1, 0.15) is 66.7 Å². The summed E-state index contributed by atoms with van der Waals surface area (Å²) in [6.45, 7) is 10.6. The van der Waals surface area contributed by atoms with E-state index in [1.54, 1.807) is 0 Å². The molecule has 0 aliphatic carbocycles. The highest BCUT2D eigenvalue weighted by molar-refractivity contribution is 5.69. The van der Waals surface area contributed by atoms with Gasteiger partial charge in [-0.1, -0.05) is 41.0 Å². The molecule has 96 valence electrons. The Morgan fingerprint density at radius 1 is 1.06 bits per heavy atom. The molecule has 2 atom stereocenters. The number of esters is 1. The molecule has 0 fully saturated rings. The maximum atomic E-state index is 11.4. The predicted octanol–water partition coefficient (Wildman–Crippen LogP) is 4.18. The number of rotatable bonds is 8. The third-order valence-electron chi connectivity index (χ3n) is 2.98. The number of hydrogen-bond acceptors (Lipinski definition) is 2. The van der Waals surface area contributed by atoms with E-state index >= 15 is 0 Å². The highest BCUT2D eigenvalue weighted by Crippen LogP contribution is 2.21. The molecule has 0 N–H and O–H groups in total. The predicted molar refractivity (Wildman–Crippen MR) is 68.3 cm³/mol. The van der Waals surface area contributed by atoms with Crippen LogP contribution in [-0.4, -0.2) is 12.1 Å². The Hall–Kier alpha value is -0.530. The Bertz CT molecular complexity index is 187. The topological polar surface area (TPSA) is 26.3 Å². The van der Waals surface area contributed by atoms with Crippen LogP contribution in [0, 0.1) is 11.8 Å². The lowest BCUT2D eigenvalue weighted by atomic mass is 9.93. The van der Waals surface area contributed by atoms with Gasteiger partial charge >= 0.3 is 5.97 Å². The Morgan fingerprint density at radius 3 is 2.12 bits per heavy atom.